The molecule has 0 bridgehead atoms. The maximum atomic E-state index is 11.6. The molecule has 1 aromatic rings. The number of amides is 1. The van der Waals surface area contributed by atoms with Crippen LogP contribution in [0.2, 0.25) is 5.02 Å². The summed E-state index contributed by atoms with van der Waals surface area (Å²) in [5.74, 6) is 0.625. The molecule has 0 radical (unpaired) electrons. The van der Waals surface area contributed by atoms with Crippen LogP contribution in [0, 0.1) is 5.92 Å². The third-order valence-electron chi connectivity index (χ3n) is 3.27. The summed E-state index contributed by atoms with van der Waals surface area (Å²) in [6.07, 6.45) is 3.60. The monoisotopic (exact) mass is 266 g/mol. The molecule has 0 aromatic heterocycles. The van der Waals surface area contributed by atoms with Crippen molar-refractivity contribution in [2.45, 2.75) is 31.7 Å². The summed E-state index contributed by atoms with van der Waals surface area (Å²) in [4.78, 5) is 11.6. The van der Waals surface area contributed by atoms with Crippen LogP contribution in [-0.2, 0) is 11.2 Å². The van der Waals surface area contributed by atoms with Gasteiger partial charge in [0.2, 0.25) is 5.91 Å². The van der Waals surface area contributed by atoms with E-state index in [1.807, 2.05) is 24.3 Å². The first-order valence-corrected chi connectivity index (χ1v) is 6.79. The van der Waals surface area contributed by atoms with Crippen LogP contribution < -0.4 is 11.1 Å². The molecule has 2 rings (SSSR count). The van der Waals surface area contributed by atoms with E-state index in [1.165, 1.54) is 12.8 Å². The Morgan fingerprint density at radius 3 is 2.94 bits per heavy atom. The van der Waals surface area contributed by atoms with Crippen molar-refractivity contribution < 1.29 is 4.79 Å². The van der Waals surface area contributed by atoms with Gasteiger partial charge in [-0.3, -0.25) is 4.79 Å². The van der Waals surface area contributed by atoms with E-state index < -0.39 is 0 Å². The highest BCUT2D eigenvalue weighted by molar-refractivity contribution is 6.30. The zero-order valence-electron chi connectivity index (χ0n) is 10.4. The van der Waals surface area contributed by atoms with E-state index in [0.29, 0.717) is 18.9 Å². The van der Waals surface area contributed by atoms with Gasteiger partial charge in [-0.25, -0.2) is 0 Å². The molecule has 1 saturated carbocycles. The molecule has 98 valence electrons. The topological polar surface area (TPSA) is 55.1 Å². The molecule has 0 heterocycles. The Morgan fingerprint density at radius 2 is 2.28 bits per heavy atom. The number of carbonyl (C=O) groups excluding carboxylic acids is 1. The average molecular weight is 267 g/mol. The molecule has 0 aliphatic heterocycles. The van der Waals surface area contributed by atoms with Crippen LogP contribution in [-0.4, -0.2) is 18.5 Å². The van der Waals surface area contributed by atoms with Gasteiger partial charge in [-0.15, -0.1) is 0 Å². The molecule has 1 amide bonds. The van der Waals surface area contributed by atoms with Crippen molar-refractivity contribution in [3.8, 4) is 0 Å². The fraction of sp³-hybridized carbons (Fsp3) is 0.500. The second-order valence-electron chi connectivity index (χ2n) is 4.94. The Labute approximate surface area is 113 Å². The first-order valence-electron chi connectivity index (χ1n) is 6.42. The van der Waals surface area contributed by atoms with Crippen molar-refractivity contribution in [2.75, 3.05) is 6.54 Å². The normalized spacial score (nSPS) is 16.3. The maximum Gasteiger partial charge on any atom is 0.221 e. The van der Waals surface area contributed by atoms with Gasteiger partial charge in [0.1, 0.15) is 0 Å². The first-order chi connectivity index (χ1) is 8.65. The molecular formula is C14H19ClN2O. The number of rotatable bonds is 6. The van der Waals surface area contributed by atoms with Gasteiger partial charge < -0.3 is 11.1 Å². The van der Waals surface area contributed by atoms with Gasteiger partial charge in [-0.05, 0) is 42.9 Å². The van der Waals surface area contributed by atoms with Crippen molar-refractivity contribution in [1.82, 2.24) is 5.32 Å². The standard InChI is InChI=1S/C14H19ClN2O/c15-12-3-1-2-10(8-12)6-7-17-14(18)9-13(16)11-4-5-11/h1-3,8,11,13H,4-7,9,16H2,(H,17,18). The zero-order chi connectivity index (χ0) is 13.0. The molecule has 0 spiro atoms. The van der Waals surface area contributed by atoms with Gasteiger partial charge in [-0.1, -0.05) is 23.7 Å². The molecule has 1 aliphatic carbocycles. The van der Waals surface area contributed by atoms with E-state index in [4.69, 9.17) is 17.3 Å². The number of hydrogen-bond acceptors (Lipinski definition) is 2. The molecule has 1 fully saturated rings. The molecule has 1 atom stereocenters. The number of carbonyl (C=O) groups is 1. The van der Waals surface area contributed by atoms with Crippen LogP contribution in [0.4, 0.5) is 0 Å². The molecule has 3 N–H and O–H groups in total. The molecular weight excluding hydrogens is 248 g/mol. The number of nitrogens with one attached hydrogen (secondary N) is 1. The number of benzene rings is 1. The van der Waals surface area contributed by atoms with Crippen LogP contribution in [0.25, 0.3) is 0 Å². The Bertz CT molecular complexity index is 418. The Kier molecular flexibility index (Phi) is 4.61. The van der Waals surface area contributed by atoms with Crippen LogP contribution in [0.5, 0.6) is 0 Å². The quantitative estimate of drug-likeness (QED) is 0.829. The SMILES string of the molecule is NC(CC(=O)NCCc1cccc(Cl)c1)C1CC1. The Hall–Kier alpha value is -1.06. The van der Waals surface area contributed by atoms with Crippen LogP contribution >= 0.6 is 11.6 Å². The summed E-state index contributed by atoms with van der Waals surface area (Å²) < 4.78 is 0. The molecule has 1 unspecified atom stereocenters. The van der Waals surface area contributed by atoms with Gasteiger partial charge in [0.25, 0.3) is 0 Å². The van der Waals surface area contributed by atoms with Gasteiger partial charge in [0, 0.05) is 24.0 Å². The smallest absolute Gasteiger partial charge is 0.221 e. The van der Waals surface area contributed by atoms with Crippen molar-refractivity contribution in [3.63, 3.8) is 0 Å². The van der Waals surface area contributed by atoms with E-state index >= 15 is 0 Å². The second-order valence-corrected chi connectivity index (χ2v) is 5.37. The van der Waals surface area contributed by atoms with Crippen molar-refractivity contribution in [1.29, 1.82) is 0 Å². The van der Waals surface area contributed by atoms with E-state index in [1.54, 1.807) is 0 Å². The highest BCUT2D eigenvalue weighted by Crippen LogP contribution is 2.32. The summed E-state index contributed by atoms with van der Waals surface area (Å²) in [7, 11) is 0. The molecule has 4 heteroatoms. The molecule has 1 aromatic carbocycles. The molecule has 0 saturated heterocycles. The third-order valence-corrected chi connectivity index (χ3v) is 3.51. The minimum absolute atomic E-state index is 0.0381. The van der Waals surface area contributed by atoms with Gasteiger partial charge in [0.15, 0.2) is 0 Å². The van der Waals surface area contributed by atoms with Crippen molar-refractivity contribution >= 4 is 17.5 Å². The van der Waals surface area contributed by atoms with Crippen molar-refractivity contribution in [2.24, 2.45) is 11.7 Å². The molecule has 1 aliphatic rings. The van der Waals surface area contributed by atoms with E-state index in [-0.39, 0.29) is 11.9 Å². The average Bonchev–Trinajstić information content (AvgIpc) is 3.12. The van der Waals surface area contributed by atoms with Gasteiger partial charge in [-0.2, -0.15) is 0 Å². The van der Waals surface area contributed by atoms with E-state index in [2.05, 4.69) is 5.32 Å². The lowest BCUT2D eigenvalue weighted by Gasteiger charge is -2.10. The summed E-state index contributed by atoms with van der Waals surface area (Å²) in [5.41, 5.74) is 7.04. The predicted molar refractivity (Wildman–Crippen MR) is 73.5 cm³/mol. The highest BCUT2D eigenvalue weighted by atomic mass is 35.5. The van der Waals surface area contributed by atoms with E-state index in [9.17, 15) is 4.79 Å². The van der Waals surface area contributed by atoms with Crippen LogP contribution in [0.15, 0.2) is 24.3 Å². The lowest BCUT2D eigenvalue weighted by atomic mass is 10.1. The van der Waals surface area contributed by atoms with Crippen LogP contribution in [0.3, 0.4) is 0 Å². The van der Waals surface area contributed by atoms with Crippen LogP contribution in [0.1, 0.15) is 24.8 Å². The minimum atomic E-state index is 0.0381. The predicted octanol–water partition coefficient (Wildman–Crippen LogP) is 2.13. The summed E-state index contributed by atoms with van der Waals surface area (Å²) in [6.45, 7) is 0.635. The number of halogens is 1. The fourth-order valence-electron chi connectivity index (χ4n) is 2.02. The maximum absolute atomic E-state index is 11.6. The highest BCUT2D eigenvalue weighted by Gasteiger charge is 2.29. The number of hydrogen-bond donors (Lipinski definition) is 2. The minimum Gasteiger partial charge on any atom is -0.356 e. The zero-order valence-corrected chi connectivity index (χ0v) is 11.1. The number of nitrogens with two attached hydrogens (primary N) is 1. The van der Waals surface area contributed by atoms with Gasteiger partial charge >= 0.3 is 0 Å². The van der Waals surface area contributed by atoms with Gasteiger partial charge in [0.05, 0.1) is 0 Å². The Balaban J connectivity index is 1.66. The van der Waals surface area contributed by atoms with E-state index in [0.717, 1.165) is 17.0 Å². The lowest BCUT2D eigenvalue weighted by molar-refractivity contribution is -0.121. The summed E-state index contributed by atoms with van der Waals surface area (Å²) >= 11 is 5.89. The first kappa shape index (κ1) is 13.4. The molecule has 18 heavy (non-hydrogen) atoms. The van der Waals surface area contributed by atoms with Crippen molar-refractivity contribution in [3.05, 3.63) is 34.9 Å². The third kappa shape index (κ3) is 4.31. The largest absolute Gasteiger partial charge is 0.356 e. The Morgan fingerprint density at radius 1 is 1.50 bits per heavy atom. The summed E-state index contributed by atoms with van der Waals surface area (Å²) in [5, 5.41) is 3.63. The fourth-order valence-corrected chi connectivity index (χ4v) is 2.23. The molecule has 3 nitrogen and oxygen atoms in total. The lowest BCUT2D eigenvalue weighted by Crippen LogP contribution is -2.33. The second kappa shape index (κ2) is 6.21. The summed E-state index contributed by atoms with van der Waals surface area (Å²) in [6, 6.07) is 7.73.